The molecule has 1 aromatic heterocycles. The first-order chi connectivity index (χ1) is 16.3. The average Bonchev–Trinajstić information content (AvgIpc) is 3.46. The number of thioether (sulfide) groups is 2. The highest BCUT2D eigenvalue weighted by atomic mass is 32.2. The summed E-state index contributed by atoms with van der Waals surface area (Å²) in [5, 5.41) is 0.0840. The molecule has 0 radical (unpaired) electrons. The van der Waals surface area contributed by atoms with E-state index in [-0.39, 0.29) is 21.0 Å². The first kappa shape index (κ1) is 28.3. The van der Waals surface area contributed by atoms with E-state index in [1.807, 2.05) is 6.92 Å². The topological polar surface area (TPSA) is 53.7 Å². The monoisotopic (exact) mass is 535 g/mol. The molecule has 2 atom stereocenters. The quantitative estimate of drug-likeness (QED) is 0.209. The molecular weight excluding hydrogens is 495 g/mol. The van der Waals surface area contributed by atoms with Crippen LogP contribution in [-0.4, -0.2) is 49.7 Å². The van der Waals surface area contributed by atoms with Crippen LogP contribution in [0.5, 0.6) is 5.95 Å². The number of aromatic nitrogens is 1. The molecule has 0 aromatic carbocycles. The van der Waals surface area contributed by atoms with Crippen molar-refractivity contribution in [1.29, 1.82) is 0 Å². The van der Waals surface area contributed by atoms with Crippen molar-refractivity contribution in [3.63, 3.8) is 0 Å². The number of rotatable bonds is 7. The van der Waals surface area contributed by atoms with E-state index in [4.69, 9.17) is 23.3 Å². The number of aryl methyl sites for hydroxylation is 1. The lowest BCUT2D eigenvalue weighted by atomic mass is 9.87. The zero-order valence-corrected chi connectivity index (χ0v) is 25.6. The van der Waals surface area contributed by atoms with Crippen LogP contribution >= 0.6 is 23.5 Å². The number of ether oxygens (including phenoxy) is 2. The summed E-state index contributed by atoms with van der Waals surface area (Å²) in [4.78, 5) is 4.77. The fourth-order valence-electron chi connectivity index (χ4n) is 4.35. The number of oxazole rings is 1. The fourth-order valence-corrected chi connectivity index (χ4v) is 8.73. The third-order valence-electron chi connectivity index (χ3n) is 7.41. The van der Waals surface area contributed by atoms with Gasteiger partial charge in [-0.05, 0) is 67.8 Å². The van der Waals surface area contributed by atoms with Crippen LogP contribution in [0, 0.1) is 30.6 Å². The standard InChI is InChI=1S/C27H41NO4S2Si/c1-18(16-21(12-11-13-29-7)32-35(9,10)26(4,5)6)22-17-27(33-14-15-34-27)19(2)23(22)24-28-20(3)25(30-8)31-24/h16,18,22H,13-15,17H2,1-10H3/b21-16-/t18-,22+/m0/s1. The first-order valence-electron chi connectivity index (χ1n) is 12.2. The molecule has 3 rings (SSSR count). The Balaban J connectivity index is 2.02. The van der Waals surface area contributed by atoms with Gasteiger partial charge in [0.2, 0.25) is 5.89 Å². The van der Waals surface area contributed by atoms with Crippen molar-refractivity contribution in [3.05, 3.63) is 29.0 Å². The van der Waals surface area contributed by atoms with Crippen LogP contribution in [0.15, 0.2) is 21.8 Å². The molecule has 5 nitrogen and oxygen atoms in total. The van der Waals surface area contributed by atoms with E-state index < -0.39 is 8.32 Å². The molecule has 1 saturated heterocycles. The van der Waals surface area contributed by atoms with Crippen LogP contribution in [0.2, 0.25) is 18.1 Å². The Labute approximate surface area is 221 Å². The van der Waals surface area contributed by atoms with Crippen LogP contribution in [0.4, 0.5) is 0 Å². The van der Waals surface area contributed by atoms with E-state index in [9.17, 15) is 0 Å². The average molecular weight is 536 g/mol. The number of hydrogen-bond acceptors (Lipinski definition) is 7. The predicted molar refractivity (Wildman–Crippen MR) is 151 cm³/mol. The molecule has 8 heteroatoms. The first-order valence-corrected chi connectivity index (χ1v) is 17.1. The van der Waals surface area contributed by atoms with Gasteiger partial charge in [-0.15, -0.1) is 23.5 Å². The summed E-state index contributed by atoms with van der Waals surface area (Å²) < 4.78 is 23.5. The van der Waals surface area contributed by atoms with Crippen LogP contribution in [0.25, 0.3) is 5.57 Å². The summed E-state index contributed by atoms with van der Waals surface area (Å²) in [6.07, 6.45) is 3.27. The minimum Gasteiger partial charge on any atom is -0.538 e. The summed E-state index contributed by atoms with van der Waals surface area (Å²) in [5.74, 6) is 11.1. The van der Waals surface area contributed by atoms with Gasteiger partial charge in [0.15, 0.2) is 5.76 Å². The van der Waals surface area contributed by atoms with E-state index in [2.05, 4.69) is 89.2 Å². The van der Waals surface area contributed by atoms with Gasteiger partial charge in [-0.2, -0.15) is 0 Å². The number of hydrogen-bond donors (Lipinski definition) is 0. The molecule has 2 aliphatic rings. The molecule has 1 fully saturated rings. The van der Waals surface area contributed by atoms with Gasteiger partial charge in [0.25, 0.3) is 8.32 Å². The maximum atomic E-state index is 6.69. The third-order valence-corrected chi connectivity index (χ3v) is 15.4. The minimum atomic E-state index is -2.05. The maximum Gasteiger partial charge on any atom is 0.308 e. The molecule has 194 valence electrons. The van der Waals surface area contributed by atoms with Crippen LogP contribution in [-0.2, 0) is 9.16 Å². The van der Waals surface area contributed by atoms with Gasteiger partial charge in [0, 0.05) is 24.2 Å². The van der Waals surface area contributed by atoms with E-state index >= 15 is 0 Å². The smallest absolute Gasteiger partial charge is 0.308 e. The van der Waals surface area contributed by atoms with E-state index in [1.165, 1.54) is 22.7 Å². The van der Waals surface area contributed by atoms with Gasteiger partial charge < -0.3 is 18.3 Å². The van der Waals surface area contributed by atoms with Gasteiger partial charge in [0.05, 0.1) is 11.2 Å². The highest BCUT2D eigenvalue weighted by Gasteiger charge is 2.50. The van der Waals surface area contributed by atoms with Gasteiger partial charge in [-0.25, -0.2) is 4.98 Å². The Kier molecular flexibility index (Phi) is 8.89. The normalized spacial score (nSPS) is 21.3. The van der Waals surface area contributed by atoms with Crippen molar-refractivity contribution in [2.45, 2.75) is 70.2 Å². The fraction of sp³-hybridized carbons (Fsp3) is 0.667. The number of nitrogens with zero attached hydrogens (tertiary/aromatic N) is 1. The Morgan fingerprint density at radius 2 is 1.91 bits per heavy atom. The molecule has 0 saturated carbocycles. The highest BCUT2D eigenvalue weighted by molar-refractivity contribution is 8.21. The summed E-state index contributed by atoms with van der Waals surface area (Å²) in [7, 11) is 1.24. The van der Waals surface area contributed by atoms with Crippen molar-refractivity contribution in [1.82, 2.24) is 4.98 Å². The lowest BCUT2D eigenvalue weighted by molar-refractivity contribution is 0.239. The Bertz CT molecular complexity index is 1040. The SMILES string of the molecule is COCC#C/C(=C/[C@H](C)[C@H]1CC2(SCCS2)C(C)=C1c1nc(C)c(OC)o1)O[Si](C)(C)C(C)(C)C. The van der Waals surface area contributed by atoms with Crippen molar-refractivity contribution < 1.29 is 18.3 Å². The van der Waals surface area contributed by atoms with E-state index in [0.717, 1.165) is 17.9 Å². The van der Waals surface area contributed by atoms with Crippen LogP contribution in [0.1, 0.15) is 52.6 Å². The number of allylic oxidation sites excluding steroid dienone is 3. The minimum absolute atomic E-state index is 0.0832. The molecule has 1 spiro atoms. The summed E-state index contributed by atoms with van der Waals surface area (Å²) in [5.41, 5.74) is 3.36. The number of methoxy groups -OCH3 is 2. The molecule has 0 amide bonds. The Morgan fingerprint density at radius 1 is 1.26 bits per heavy atom. The Morgan fingerprint density at radius 3 is 2.46 bits per heavy atom. The molecular formula is C27H41NO4S2Si. The molecule has 1 aliphatic carbocycles. The maximum absolute atomic E-state index is 6.69. The second-order valence-corrected chi connectivity index (χ2v) is 18.7. The van der Waals surface area contributed by atoms with Crippen molar-refractivity contribution >= 4 is 37.4 Å². The second kappa shape index (κ2) is 11.0. The molecule has 1 aliphatic heterocycles. The largest absolute Gasteiger partial charge is 0.538 e. The van der Waals surface area contributed by atoms with E-state index in [0.29, 0.717) is 18.4 Å². The van der Waals surface area contributed by atoms with Crippen molar-refractivity contribution in [2.75, 3.05) is 32.3 Å². The van der Waals surface area contributed by atoms with E-state index in [1.54, 1.807) is 14.2 Å². The molecule has 0 N–H and O–H groups in total. The Hall–Kier alpha value is -1.27. The highest BCUT2D eigenvalue weighted by Crippen LogP contribution is 2.62. The van der Waals surface area contributed by atoms with Gasteiger partial charge in [-0.3, -0.25) is 0 Å². The molecule has 0 bridgehead atoms. The van der Waals surface area contributed by atoms with Gasteiger partial charge in [-0.1, -0.05) is 33.6 Å². The zero-order valence-electron chi connectivity index (χ0n) is 23.0. The van der Waals surface area contributed by atoms with Gasteiger partial charge >= 0.3 is 5.95 Å². The molecule has 0 unspecified atom stereocenters. The van der Waals surface area contributed by atoms with Crippen molar-refractivity contribution in [2.24, 2.45) is 11.8 Å². The van der Waals surface area contributed by atoms with Crippen LogP contribution < -0.4 is 4.74 Å². The summed E-state index contributed by atoms with van der Waals surface area (Å²) in [6, 6.07) is 0. The van der Waals surface area contributed by atoms with Crippen LogP contribution in [0.3, 0.4) is 0 Å². The summed E-state index contributed by atoms with van der Waals surface area (Å²) >= 11 is 4.12. The molecule has 1 aromatic rings. The molecule has 35 heavy (non-hydrogen) atoms. The predicted octanol–water partition coefficient (Wildman–Crippen LogP) is 7.15. The summed E-state index contributed by atoms with van der Waals surface area (Å²) in [6.45, 7) is 18.1. The lowest BCUT2D eigenvalue weighted by Gasteiger charge is -2.36. The second-order valence-electron chi connectivity index (χ2n) is 10.9. The van der Waals surface area contributed by atoms with Crippen molar-refractivity contribution in [3.8, 4) is 17.8 Å². The lowest BCUT2D eigenvalue weighted by Crippen LogP contribution is -2.40. The third kappa shape index (κ3) is 6.01. The molecule has 2 heterocycles. The van der Waals surface area contributed by atoms with Gasteiger partial charge in [0.1, 0.15) is 12.3 Å². The zero-order chi connectivity index (χ0) is 26.0.